The average molecular weight is 290 g/mol. The summed E-state index contributed by atoms with van der Waals surface area (Å²) in [7, 11) is -1.01. The van der Waals surface area contributed by atoms with Gasteiger partial charge in [0.15, 0.2) is 0 Å². The van der Waals surface area contributed by atoms with Crippen molar-refractivity contribution in [3.63, 3.8) is 0 Å². The molecule has 1 unspecified atom stereocenters. The highest BCUT2D eigenvalue weighted by molar-refractivity contribution is 7.97. The summed E-state index contributed by atoms with van der Waals surface area (Å²) in [6.07, 6.45) is 2.07. The van der Waals surface area contributed by atoms with Crippen LogP contribution in [-0.4, -0.2) is 10.5 Å². The molecule has 0 aliphatic heterocycles. The molecule has 1 nitrogen and oxygen atoms in total. The first-order valence-electron chi connectivity index (χ1n) is 6.26. The Morgan fingerprint density at radius 3 is 2.37 bits per heavy atom. The summed E-state index contributed by atoms with van der Waals surface area (Å²) in [5, 5.41) is 0.0178. The quantitative estimate of drug-likeness (QED) is 0.811. The fraction of sp³-hybridized carbons (Fsp3) is 0.250. The Balaban J connectivity index is 2.29. The minimum absolute atomic E-state index is 0.0178. The molecule has 0 amide bonds. The van der Waals surface area contributed by atoms with Crippen LogP contribution in [0.2, 0.25) is 0 Å². The molecule has 0 fully saturated rings. The number of rotatable bonds is 5. The molecule has 0 heterocycles. The molecular formula is C16H18OS2. The molecule has 0 spiro atoms. The third-order valence-electron chi connectivity index (χ3n) is 3.08. The number of hydrogen-bond donors (Lipinski definition) is 0. The smallest absolute Gasteiger partial charge is 0.0615 e. The molecule has 0 aliphatic rings. The van der Waals surface area contributed by atoms with Crippen LogP contribution in [0.4, 0.5) is 0 Å². The van der Waals surface area contributed by atoms with Crippen LogP contribution in [0.5, 0.6) is 0 Å². The van der Waals surface area contributed by atoms with E-state index in [0.29, 0.717) is 0 Å². The van der Waals surface area contributed by atoms with E-state index in [1.165, 1.54) is 5.56 Å². The Morgan fingerprint density at radius 1 is 1.05 bits per heavy atom. The lowest BCUT2D eigenvalue weighted by atomic mass is 10.2. The molecule has 0 N–H and O–H groups in total. The first-order chi connectivity index (χ1) is 9.24. The molecule has 19 heavy (non-hydrogen) atoms. The van der Waals surface area contributed by atoms with Crippen molar-refractivity contribution in [1.82, 2.24) is 0 Å². The van der Waals surface area contributed by atoms with Crippen LogP contribution in [0.3, 0.4) is 0 Å². The highest BCUT2D eigenvalue weighted by Gasteiger charge is 2.17. The molecule has 3 heteroatoms. The van der Waals surface area contributed by atoms with Crippen LogP contribution in [0.15, 0.2) is 59.5 Å². The molecular weight excluding hydrogens is 272 g/mol. The van der Waals surface area contributed by atoms with Gasteiger partial charge in [-0.2, -0.15) is 11.8 Å². The molecule has 0 aliphatic carbocycles. The van der Waals surface area contributed by atoms with Crippen LogP contribution in [0, 0.1) is 0 Å². The molecule has 2 aromatic rings. The van der Waals surface area contributed by atoms with Crippen LogP contribution in [0.25, 0.3) is 0 Å². The van der Waals surface area contributed by atoms with Crippen molar-refractivity contribution >= 4 is 22.6 Å². The van der Waals surface area contributed by atoms with Gasteiger partial charge in [0.25, 0.3) is 0 Å². The maximum absolute atomic E-state index is 12.7. The lowest BCUT2D eigenvalue weighted by molar-refractivity contribution is 0.675. The van der Waals surface area contributed by atoms with Gasteiger partial charge in [-0.05, 0) is 30.4 Å². The second-order valence-electron chi connectivity index (χ2n) is 4.39. The second kappa shape index (κ2) is 6.92. The average Bonchev–Trinajstić information content (AvgIpc) is 2.47. The summed E-state index contributed by atoms with van der Waals surface area (Å²) >= 11 is 1.76. The number of benzene rings is 2. The Labute approximate surface area is 121 Å². The summed E-state index contributed by atoms with van der Waals surface area (Å²) in [5.74, 6) is 0.906. The number of hydrogen-bond acceptors (Lipinski definition) is 2. The van der Waals surface area contributed by atoms with E-state index < -0.39 is 10.8 Å². The van der Waals surface area contributed by atoms with Crippen LogP contribution in [0.1, 0.15) is 23.3 Å². The van der Waals surface area contributed by atoms with Gasteiger partial charge in [-0.25, -0.2) is 0 Å². The molecule has 0 saturated heterocycles. The zero-order chi connectivity index (χ0) is 13.7. The first-order valence-corrected chi connectivity index (χ1v) is 8.87. The van der Waals surface area contributed by atoms with Crippen molar-refractivity contribution in [2.24, 2.45) is 0 Å². The van der Waals surface area contributed by atoms with Gasteiger partial charge in [-0.15, -0.1) is 0 Å². The molecule has 0 aromatic heterocycles. The van der Waals surface area contributed by atoms with Crippen LogP contribution in [-0.2, 0) is 16.6 Å². The summed E-state index contributed by atoms with van der Waals surface area (Å²) < 4.78 is 12.7. The van der Waals surface area contributed by atoms with Crippen molar-refractivity contribution in [1.29, 1.82) is 0 Å². The highest BCUT2D eigenvalue weighted by Crippen LogP contribution is 2.28. The van der Waals surface area contributed by atoms with E-state index in [1.807, 2.05) is 55.5 Å². The minimum atomic E-state index is -1.01. The molecule has 0 saturated carbocycles. The normalized spacial score (nSPS) is 14.0. The SMILES string of the molecule is CSCc1ccccc1S(=O)[C@@H](C)c1ccccc1. The molecule has 0 bridgehead atoms. The standard InChI is InChI=1S/C16H18OS2/c1-13(14-8-4-3-5-9-14)19(17)16-11-7-6-10-15(16)12-18-2/h3-11,13H,12H2,1-2H3/t13-,19?/m0/s1. The Hall–Kier alpha value is -1.06. The van der Waals surface area contributed by atoms with Crippen LogP contribution < -0.4 is 0 Å². The minimum Gasteiger partial charge on any atom is -0.254 e. The van der Waals surface area contributed by atoms with Crippen molar-refractivity contribution in [3.05, 3.63) is 65.7 Å². The predicted octanol–water partition coefficient (Wildman–Crippen LogP) is 4.42. The summed E-state index contributed by atoms with van der Waals surface area (Å²) in [5.41, 5.74) is 2.30. The maximum Gasteiger partial charge on any atom is 0.0615 e. The third kappa shape index (κ3) is 3.48. The van der Waals surface area contributed by atoms with E-state index in [0.717, 1.165) is 16.2 Å². The van der Waals surface area contributed by atoms with Crippen molar-refractivity contribution in [2.75, 3.05) is 6.26 Å². The molecule has 2 atom stereocenters. The van der Waals surface area contributed by atoms with Gasteiger partial charge >= 0.3 is 0 Å². The summed E-state index contributed by atoms with van der Waals surface area (Å²) in [4.78, 5) is 0.966. The van der Waals surface area contributed by atoms with Crippen molar-refractivity contribution in [3.8, 4) is 0 Å². The fourth-order valence-electron chi connectivity index (χ4n) is 2.01. The number of thioether (sulfide) groups is 1. The van der Waals surface area contributed by atoms with Gasteiger partial charge in [0, 0.05) is 10.6 Å². The lowest BCUT2D eigenvalue weighted by Gasteiger charge is -2.14. The van der Waals surface area contributed by atoms with Crippen LogP contribution >= 0.6 is 11.8 Å². The van der Waals surface area contributed by atoms with E-state index in [-0.39, 0.29) is 5.25 Å². The van der Waals surface area contributed by atoms with Gasteiger partial charge < -0.3 is 0 Å². The van der Waals surface area contributed by atoms with Crippen molar-refractivity contribution < 1.29 is 4.21 Å². The van der Waals surface area contributed by atoms with Gasteiger partial charge in [0.1, 0.15) is 0 Å². The highest BCUT2D eigenvalue weighted by atomic mass is 32.2. The largest absolute Gasteiger partial charge is 0.254 e. The summed E-state index contributed by atoms with van der Waals surface area (Å²) in [6, 6.07) is 18.1. The van der Waals surface area contributed by atoms with E-state index in [1.54, 1.807) is 11.8 Å². The Morgan fingerprint density at radius 2 is 1.68 bits per heavy atom. The maximum atomic E-state index is 12.7. The van der Waals surface area contributed by atoms with E-state index in [4.69, 9.17) is 0 Å². The van der Waals surface area contributed by atoms with Gasteiger partial charge in [0.05, 0.1) is 16.0 Å². The van der Waals surface area contributed by atoms with Crippen molar-refractivity contribution in [2.45, 2.75) is 22.8 Å². The lowest BCUT2D eigenvalue weighted by Crippen LogP contribution is -2.05. The van der Waals surface area contributed by atoms with E-state index in [9.17, 15) is 4.21 Å². The van der Waals surface area contributed by atoms with E-state index >= 15 is 0 Å². The second-order valence-corrected chi connectivity index (χ2v) is 7.00. The Kier molecular flexibility index (Phi) is 5.23. The predicted molar refractivity (Wildman–Crippen MR) is 84.9 cm³/mol. The third-order valence-corrected chi connectivity index (χ3v) is 5.43. The Bertz CT molecular complexity index is 552. The molecule has 2 rings (SSSR count). The monoisotopic (exact) mass is 290 g/mol. The van der Waals surface area contributed by atoms with Gasteiger partial charge in [-0.3, -0.25) is 4.21 Å². The van der Waals surface area contributed by atoms with Gasteiger partial charge in [-0.1, -0.05) is 48.5 Å². The first kappa shape index (κ1) is 14.4. The van der Waals surface area contributed by atoms with Gasteiger partial charge in [0.2, 0.25) is 0 Å². The molecule has 100 valence electrons. The molecule has 0 radical (unpaired) electrons. The summed E-state index contributed by atoms with van der Waals surface area (Å²) in [6.45, 7) is 2.03. The zero-order valence-electron chi connectivity index (χ0n) is 11.2. The zero-order valence-corrected chi connectivity index (χ0v) is 12.8. The fourth-order valence-corrected chi connectivity index (χ4v) is 4.06. The topological polar surface area (TPSA) is 17.1 Å². The van der Waals surface area contributed by atoms with E-state index in [2.05, 4.69) is 12.3 Å². The molecule has 2 aromatic carbocycles.